The summed E-state index contributed by atoms with van der Waals surface area (Å²) in [6.45, 7) is 2.06. The van der Waals surface area contributed by atoms with Gasteiger partial charge in [-0.25, -0.2) is 8.42 Å². The summed E-state index contributed by atoms with van der Waals surface area (Å²) in [7, 11) is -3.35. The number of halogens is 1. The van der Waals surface area contributed by atoms with Crippen molar-refractivity contribution in [2.45, 2.75) is 13.5 Å². The molecule has 0 fully saturated rings. The average Bonchev–Trinajstić information content (AvgIpc) is 2.28. The summed E-state index contributed by atoms with van der Waals surface area (Å²) in [5.74, 6) is -0.189. The zero-order valence-corrected chi connectivity index (χ0v) is 12.5. The molecule has 0 aliphatic rings. The van der Waals surface area contributed by atoms with E-state index in [-0.39, 0.29) is 25.5 Å². The zero-order valence-electron chi connectivity index (χ0n) is 10.9. The maximum Gasteiger partial charge on any atom is 0.216 e. The Kier molecular flexibility index (Phi) is 5.78. The monoisotopic (exact) mass is 304 g/mol. The van der Waals surface area contributed by atoms with Crippen LogP contribution in [0.1, 0.15) is 12.5 Å². The molecule has 0 aliphatic carbocycles. The molecule has 1 aromatic rings. The lowest BCUT2D eigenvalue weighted by Crippen LogP contribution is -2.37. The number of rotatable bonds is 6. The number of benzene rings is 1. The van der Waals surface area contributed by atoms with Crippen LogP contribution < -0.4 is 5.32 Å². The van der Waals surface area contributed by atoms with Crippen LogP contribution in [0.3, 0.4) is 0 Å². The molecule has 1 aromatic carbocycles. The molecule has 0 bridgehead atoms. The minimum absolute atomic E-state index is 0.189. The van der Waals surface area contributed by atoms with Crippen molar-refractivity contribution in [1.82, 2.24) is 9.62 Å². The van der Waals surface area contributed by atoms with E-state index in [2.05, 4.69) is 5.32 Å². The van der Waals surface area contributed by atoms with Gasteiger partial charge in [0.05, 0.1) is 6.26 Å². The number of hydrogen-bond donors (Lipinski definition) is 1. The molecule has 0 aromatic heterocycles. The lowest BCUT2D eigenvalue weighted by Gasteiger charge is -2.20. The molecule has 106 valence electrons. The SMILES string of the molecule is CC(=O)NCCN(Cc1ccccc1Cl)S(C)(=O)=O. The van der Waals surface area contributed by atoms with Crippen LogP contribution in [0.2, 0.25) is 5.02 Å². The van der Waals surface area contributed by atoms with Gasteiger partial charge < -0.3 is 5.32 Å². The molecule has 0 unspecified atom stereocenters. The minimum Gasteiger partial charge on any atom is -0.355 e. The molecule has 7 heteroatoms. The van der Waals surface area contributed by atoms with Crippen LogP contribution in [0.25, 0.3) is 0 Å². The molecule has 5 nitrogen and oxygen atoms in total. The Morgan fingerprint density at radius 3 is 2.53 bits per heavy atom. The van der Waals surface area contributed by atoms with Gasteiger partial charge in [0, 0.05) is 31.6 Å². The van der Waals surface area contributed by atoms with Gasteiger partial charge >= 0.3 is 0 Å². The molecule has 1 amide bonds. The Hall–Kier alpha value is -1.11. The maximum atomic E-state index is 11.7. The van der Waals surface area contributed by atoms with Gasteiger partial charge in [0.25, 0.3) is 0 Å². The third kappa shape index (κ3) is 5.59. The minimum atomic E-state index is -3.35. The standard InChI is InChI=1S/C12H17ClN2O3S/c1-10(16)14-7-8-15(19(2,17)18)9-11-5-3-4-6-12(11)13/h3-6H,7-9H2,1-2H3,(H,14,16). The van der Waals surface area contributed by atoms with Gasteiger partial charge in [-0.1, -0.05) is 29.8 Å². The normalized spacial score (nSPS) is 11.6. The van der Waals surface area contributed by atoms with Crippen molar-refractivity contribution in [3.05, 3.63) is 34.9 Å². The summed E-state index contributed by atoms with van der Waals surface area (Å²) in [5.41, 5.74) is 0.734. The Bertz CT molecular complexity index is 546. The molecular weight excluding hydrogens is 288 g/mol. The molecule has 0 atom stereocenters. The van der Waals surface area contributed by atoms with E-state index < -0.39 is 10.0 Å². The molecule has 0 saturated carbocycles. The molecule has 0 heterocycles. The maximum absolute atomic E-state index is 11.7. The number of carbonyl (C=O) groups is 1. The van der Waals surface area contributed by atoms with Crippen molar-refractivity contribution in [1.29, 1.82) is 0 Å². The fourth-order valence-electron chi connectivity index (χ4n) is 1.54. The Morgan fingerprint density at radius 1 is 1.37 bits per heavy atom. The van der Waals surface area contributed by atoms with Gasteiger partial charge in [-0.15, -0.1) is 0 Å². The van der Waals surface area contributed by atoms with Gasteiger partial charge in [0.15, 0.2) is 0 Å². The summed E-state index contributed by atoms with van der Waals surface area (Å²) >= 11 is 6.01. The fraction of sp³-hybridized carbons (Fsp3) is 0.417. The van der Waals surface area contributed by atoms with E-state index in [1.807, 2.05) is 0 Å². The van der Waals surface area contributed by atoms with Crippen molar-refractivity contribution < 1.29 is 13.2 Å². The fourth-order valence-corrected chi connectivity index (χ4v) is 2.53. The van der Waals surface area contributed by atoms with Crippen molar-refractivity contribution >= 4 is 27.5 Å². The molecule has 0 aliphatic heterocycles. The molecule has 1 N–H and O–H groups in total. The van der Waals surface area contributed by atoms with E-state index in [4.69, 9.17) is 11.6 Å². The molecule has 0 saturated heterocycles. The molecule has 0 radical (unpaired) electrons. The van der Waals surface area contributed by atoms with E-state index in [0.717, 1.165) is 11.8 Å². The third-order valence-electron chi connectivity index (χ3n) is 2.51. The predicted octanol–water partition coefficient (Wildman–Crippen LogP) is 1.24. The summed E-state index contributed by atoms with van der Waals surface area (Å²) in [6, 6.07) is 7.08. The van der Waals surface area contributed by atoms with E-state index >= 15 is 0 Å². The summed E-state index contributed by atoms with van der Waals surface area (Å²) < 4.78 is 24.7. The lowest BCUT2D eigenvalue weighted by atomic mass is 10.2. The van der Waals surface area contributed by atoms with Crippen LogP contribution in [-0.2, 0) is 21.4 Å². The highest BCUT2D eigenvalue weighted by molar-refractivity contribution is 7.88. The predicted molar refractivity (Wildman–Crippen MR) is 75.4 cm³/mol. The third-order valence-corrected chi connectivity index (χ3v) is 4.13. The van der Waals surface area contributed by atoms with Crippen LogP contribution in [0.15, 0.2) is 24.3 Å². The van der Waals surface area contributed by atoms with Gasteiger partial charge in [-0.05, 0) is 11.6 Å². The molecule has 19 heavy (non-hydrogen) atoms. The molecule has 1 rings (SSSR count). The van der Waals surface area contributed by atoms with Crippen molar-refractivity contribution in [2.75, 3.05) is 19.3 Å². The summed E-state index contributed by atoms with van der Waals surface area (Å²) in [6.07, 6.45) is 1.14. The number of nitrogens with one attached hydrogen (secondary N) is 1. The van der Waals surface area contributed by atoms with Crippen LogP contribution in [0.5, 0.6) is 0 Å². The highest BCUT2D eigenvalue weighted by Gasteiger charge is 2.17. The number of nitrogens with zero attached hydrogens (tertiary/aromatic N) is 1. The van der Waals surface area contributed by atoms with Crippen molar-refractivity contribution in [2.24, 2.45) is 0 Å². The van der Waals surface area contributed by atoms with E-state index in [1.165, 1.54) is 11.2 Å². The van der Waals surface area contributed by atoms with Crippen molar-refractivity contribution in [3.8, 4) is 0 Å². The Balaban J connectivity index is 2.76. The van der Waals surface area contributed by atoms with Gasteiger partial charge in [0.2, 0.25) is 15.9 Å². The zero-order chi connectivity index (χ0) is 14.5. The van der Waals surface area contributed by atoms with Gasteiger partial charge in [-0.3, -0.25) is 4.79 Å². The molecular formula is C12H17ClN2O3S. The topological polar surface area (TPSA) is 66.5 Å². The van der Waals surface area contributed by atoms with Gasteiger partial charge in [-0.2, -0.15) is 4.31 Å². The number of amides is 1. The number of sulfonamides is 1. The van der Waals surface area contributed by atoms with E-state index in [9.17, 15) is 13.2 Å². The first-order chi connectivity index (χ1) is 8.80. The highest BCUT2D eigenvalue weighted by Crippen LogP contribution is 2.18. The largest absolute Gasteiger partial charge is 0.355 e. The second-order valence-electron chi connectivity index (χ2n) is 4.17. The highest BCUT2D eigenvalue weighted by atomic mass is 35.5. The van der Waals surface area contributed by atoms with Crippen molar-refractivity contribution in [3.63, 3.8) is 0 Å². The Morgan fingerprint density at radius 2 is 2.00 bits per heavy atom. The smallest absolute Gasteiger partial charge is 0.216 e. The van der Waals surface area contributed by atoms with Crippen LogP contribution >= 0.6 is 11.6 Å². The first-order valence-corrected chi connectivity index (χ1v) is 7.96. The van der Waals surface area contributed by atoms with Gasteiger partial charge in [0.1, 0.15) is 0 Å². The quantitative estimate of drug-likeness (QED) is 0.860. The van der Waals surface area contributed by atoms with Crippen LogP contribution in [-0.4, -0.2) is 38.0 Å². The van der Waals surface area contributed by atoms with Crippen LogP contribution in [0, 0.1) is 0 Å². The summed E-state index contributed by atoms with van der Waals surface area (Å²) in [5, 5.41) is 3.09. The number of carbonyl (C=O) groups excluding carboxylic acids is 1. The first kappa shape index (κ1) is 15.9. The first-order valence-electron chi connectivity index (χ1n) is 5.73. The second-order valence-corrected chi connectivity index (χ2v) is 6.56. The van der Waals surface area contributed by atoms with E-state index in [1.54, 1.807) is 24.3 Å². The average molecular weight is 305 g/mol. The lowest BCUT2D eigenvalue weighted by molar-refractivity contribution is -0.118. The Labute approximate surface area is 118 Å². The molecule has 0 spiro atoms. The second kappa shape index (κ2) is 6.88. The number of hydrogen-bond acceptors (Lipinski definition) is 3. The van der Waals surface area contributed by atoms with Crippen LogP contribution in [0.4, 0.5) is 0 Å². The summed E-state index contributed by atoms with van der Waals surface area (Å²) in [4.78, 5) is 10.8. The van der Waals surface area contributed by atoms with E-state index in [0.29, 0.717) is 5.02 Å².